The number of allylic oxidation sites excluding steroid dienone is 1. The van der Waals surface area contributed by atoms with Gasteiger partial charge in [0.05, 0.1) is 11.7 Å². The van der Waals surface area contributed by atoms with E-state index in [0.29, 0.717) is 17.2 Å². The summed E-state index contributed by atoms with van der Waals surface area (Å²) in [7, 11) is 2.09. The Morgan fingerprint density at radius 3 is 2.82 bits per heavy atom. The first kappa shape index (κ1) is 23.7. The van der Waals surface area contributed by atoms with Crippen LogP contribution in [0.3, 0.4) is 0 Å². The maximum Gasteiger partial charge on any atom is 0.167 e. The summed E-state index contributed by atoms with van der Waals surface area (Å²) in [5.74, 6) is 0.141. The van der Waals surface area contributed by atoms with E-state index in [0.717, 1.165) is 31.4 Å². The third-order valence-electron chi connectivity index (χ3n) is 5.89. The van der Waals surface area contributed by atoms with Crippen LogP contribution in [-0.2, 0) is 13.0 Å². The summed E-state index contributed by atoms with van der Waals surface area (Å²) in [6, 6.07) is 6.93. The minimum absolute atomic E-state index is 0.0689. The molecule has 0 spiro atoms. The average molecular weight is 466 g/mol. The Labute approximate surface area is 198 Å². The fraction of sp³-hybridized carbons (Fsp3) is 0.360. The third kappa shape index (κ3) is 4.75. The van der Waals surface area contributed by atoms with Gasteiger partial charge in [0.2, 0.25) is 0 Å². The summed E-state index contributed by atoms with van der Waals surface area (Å²) in [4.78, 5) is 19.1. The lowest BCUT2D eigenvalue weighted by Gasteiger charge is -2.24. The number of likely N-dealkylation sites (N-methyl/N-ethyl adjacent to an activating group) is 1. The Morgan fingerprint density at radius 1 is 1.29 bits per heavy atom. The summed E-state index contributed by atoms with van der Waals surface area (Å²) < 4.78 is 31.6. The number of imidazole rings is 1. The predicted molar refractivity (Wildman–Crippen MR) is 134 cm³/mol. The molecule has 3 heterocycles. The molecular weight excluding hydrogens is 436 g/mol. The Bertz CT molecular complexity index is 1290. The lowest BCUT2D eigenvalue weighted by Crippen LogP contribution is -2.27. The van der Waals surface area contributed by atoms with E-state index in [1.165, 1.54) is 11.6 Å². The Balaban J connectivity index is 1.53. The Kier molecular flexibility index (Phi) is 6.83. The third-order valence-corrected chi connectivity index (χ3v) is 5.89. The molecule has 1 aromatic carbocycles. The number of anilines is 1. The van der Waals surface area contributed by atoms with Gasteiger partial charge in [0.15, 0.2) is 11.6 Å². The smallest absolute Gasteiger partial charge is 0.167 e. The second-order valence-electron chi connectivity index (χ2n) is 8.74. The number of pyridine rings is 1. The van der Waals surface area contributed by atoms with Crippen molar-refractivity contribution in [2.75, 3.05) is 25.6 Å². The summed E-state index contributed by atoms with van der Waals surface area (Å²) in [6.45, 7) is 11.2. The zero-order valence-electron chi connectivity index (χ0n) is 19.9. The molecule has 4 rings (SSSR count). The zero-order valence-corrected chi connectivity index (χ0v) is 19.9. The molecule has 3 aromatic rings. The van der Waals surface area contributed by atoms with E-state index in [9.17, 15) is 8.78 Å². The SMILES string of the molecule is C=N/C(=C(F)\C=N/CNc1ccc2c(n1)CCN(C)C2)c1cc(F)c2nc(C)n(C(C)C)c2c1. The van der Waals surface area contributed by atoms with Crippen molar-refractivity contribution < 1.29 is 8.78 Å². The molecule has 0 saturated heterocycles. The van der Waals surface area contributed by atoms with Crippen molar-refractivity contribution in [3.05, 3.63) is 58.6 Å². The molecule has 0 amide bonds. The normalized spacial score (nSPS) is 15.1. The standard InChI is InChI=1S/C25H29F2N7/c1-15(2)34-16(3)31-25-19(26)10-18(11-22(25)34)24(28-4)20(27)12-29-14-30-23-7-6-17-13-33(5)9-8-21(17)32-23/h6-7,10-12,15H,4,8-9,13-14H2,1-3,5H3,(H,30,32)/b24-20+,29-12-. The molecule has 0 bridgehead atoms. The number of hydrogen-bond donors (Lipinski definition) is 1. The van der Waals surface area contributed by atoms with Crippen molar-refractivity contribution in [2.24, 2.45) is 9.98 Å². The van der Waals surface area contributed by atoms with Gasteiger partial charge in [-0.1, -0.05) is 6.07 Å². The lowest BCUT2D eigenvalue weighted by molar-refractivity contribution is 0.310. The molecule has 0 atom stereocenters. The minimum atomic E-state index is -0.704. The van der Waals surface area contributed by atoms with Crippen LogP contribution in [0.4, 0.5) is 14.6 Å². The topological polar surface area (TPSA) is 70.7 Å². The summed E-state index contributed by atoms with van der Waals surface area (Å²) in [5.41, 5.74) is 3.33. The maximum absolute atomic E-state index is 14.9. The number of nitrogens with one attached hydrogen (secondary N) is 1. The molecule has 0 saturated carbocycles. The van der Waals surface area contributed by atoms with Crippen LogP contribution < -0.4 is 5.32 Å². The van der Waals surface area contributed by atoms with E-state index in [2.05, 4.69) is 50.0 Å². The van der Waals surface area contributed by atoms with Gasteiger partial charge in [-0.05, 0) is 58.3 Å². The van der Waals surface area contributed by atoms with Crippen LogP contribution in [0.15, 0.2) is 40.1 Å². The molecule has 1 aliphatic heterocycles. The summed E-state index contributed by atoms with van der Waals surface area (Å²) in [6.07, 6.45) is 1.96. The molecule has 7 nitrogen and oxygen atoms in total. The lowest BCUT2D eigenvalue weighted by atomic mass is 10.1. The van der Waals surface area contributed by atoms with Gasteiger partial charge in [-0.2, -0.15) is 0 Å². The predicted octanol–water partition coefficient (Wildman–Crippen LogP) is 4.93. The fourth-order valence-corrected chi connectivity index (χ4v) is 4.33. The van der Waals surface area contributed by atoms with Crippen LogP contribution >= 0.6 is 0 Å². The van der Waals surface area contributed by atoms with Gasteiger partial charge in [-0.25, -0.2) is 18.7 Å². The molecule has 2 aromatic heterocycles. The Hall–Kier alpha value is -3.46. The molecule has 34 heavy (non-hydrogen) atoms. The highest BCUT2D eigenvalue weighted by Crippen LogP contribution is 2.29. The summed E-state index contributed by atoms with van der Waals surface area (Å²) in [5, 5.41) is 3.08. The molecule has 9 heteroatoms. The van der Waals surface area contributed by atoms with Gasteiger partial charge >= 0.3 is 0 Å². The van der Waals surface area contributed by atoms with Crippen molar-refractivity contribution in [3.63, 3.8) is 0 Å². The van der Waals surface area contributed by atoms with Crippen LogP contribution in [0.5, 0.6) is 0 Å². The first-order chi connectivity index (χ1) is 16.3. The second-order valence-corrected chi connectivity index (χ2v) is 8.74. The van der Waals surface area contributed by atoms with Crippen molar-refractivity contribution in [3.8, 4) is 0 Å². The summed E-state index contributed by atoms with van der Waals surface area (Å²) >= 11 is 0. The maximum atomic E-state index is 14.9. The van der Waals surface area contributed by atoms with Gasteiger partial charge in [-0.15, -0.1) is 0 Å². The Morgan fingerprint density at radius 2 is 2.09 bits per heavy atom. The number of benzene rings is 1. The number of nitrogens with zero attached hydrogens (tertiary/aromatic N) is 6. The molecule has 1 N–H and O–H groups in total. The van der Waals surface area contributed by atoms with E-state index in [1.807, 2.05) is 31.4 Å². The largest absolute Gasteiger partial charge is 0.351 e. The quantitative estimate of drug-likeness (QED) is 0.503. The minimum Gasteiger partial charge on any atom is -0.351 e. The molecule has 178 valence electrons. The number of halogens is 2. The number of rotatable bonds is 7. The number of hydrogen-bond acceptors (Lipinski definition) is 6. The molecule has 0 aliphatic carbocycles. The van der Waals surface area contributed by atoms with E-state index in [4.69, 9.17) is 0 Å². The van der Waals surface area contributed by atoms with Crippen LogP contribution in [0.25, 0.3) is 16.7 Å². The van der Waals surface area contributed by atoms with E-state index < -0.39 is 11.6 Å². The highest BCUT2D eigenvalue weighted by atomic mass is 19.1. The molecular formula is C25H29F2N7. The fourth-order valence-electron chi connectivity index (χ4n) is 4.33. The van der Waals surface area contributed by atoms with Gasteiger partial charge < -0.3 is 14.8 Å². The monoisotopic (exact) mass is 465 g/mol. The first-order valence-electron chi connectivity index (χ1n) is 11.2. The van der Waals surface area contributed by atoms with Crippen LogP contribution in [0, 0.1) is 12.7 Å². The number of aromatic nitrogens is 3. The van der Waals surface area contributed by atoms with Crippen molar-refractivity contribution in [2.45, 2.75) is 39.8 Å². The van der Waals surface area contributed by atoms with Gasteiger partial charge in [0.25, 0.3) is 0 Å². The molecule has 1 aliphatic rings. The highest BCUT2D eigenvalue weighted by molar-refractivity contribution is 5.91. The molecule has 0 fully saturated rings. The highest BCUT2D eigenvalue weighted by Gasteiger charge is 2.18. The van der Waals surface area contributed by atoms with E-state index >= 15 is 0 Å². The van der Waals surface area contributed by atoms with Crippen molar-refractivity contribution >= 4 is 35.5 Å². The van der Waals surface area contributed by atoms with E-state index in [-0.39, 0.29) is 29.5 Å². The van der Waals surface area contributed by atoms with Gasteiger partial charge in [0.1, 0.15) is 29.5 Å². The van der Waals surface area contributed by atoms with Crippen LogP contribution in [0.1, 0.15) is 42.5 Å². The van der Waals surface area contributed by atoms with Crippen molar-refractivity contribution in [1.82, 2.24) is 19.4 Å². The number of aliphatic imine (C=N–C) groups is 2. The van der Waals surface area contributed by atoms with Gasteiger partial charge in [0, 0.05) is 36.8 Å². The van der Waals surface area contributed by atoms with Crippen LogP contribution in [-0.4, -0.2) is 52.6 Å². The zero-order chi connectivity index (χ0) is 24.4. The second kappa shape index (κ2) is 9.80. The van der Waals surface area contributed by atoms with Crippen LogP contribution in [0.2, 0.25) is 0 Å². The average Bonchev–Trinajstić information content (AvgIpc) is 3.14. The van der Waals surface area contributed by atoms with E-state index in [1.54, 1.807) is 6.07 Å². The van der Waals surface area contributed by atoms with Gasteiger partial charge in [-0.3, -0.25) is 9.98 Å². The number of fused-ring (bicyclic) bond motifs is 2. The number of aryl methyl sites for hydroxylation is 1. The molecule has 0 radical (unpaired) electrons. The molecule has 0 unspecified atom stereocenters. The first-order valence-corrected chi connectivity index (χ1v) is 11.2. The van der Waals surface area contributed by atoms with Crippen molar-refractivity contribution in [1.29, 1.82) is 0 Å².